The van der Waals surface area contributed by atoms with Crippen molar-refractivity contribution in [3.8, 4) is 0 Å². The van der Waals surface area contributed by atoms with Crippen LogP contribution in [-0.2, 0) is 16.0 Å². The summed E-state index contributed by atoms with van der Waals surface area (Å²) in [5.74, 6) is -1.16. The summed E-state index contributed by atoms with van der Waals surface area (Å²) >= 11 is 0. The SMILES string of the molecule is COCCNCCNC(=O)CCc1cc(F)ccc1F. The van der Waals surface area contributed by atoms with E-state index in [0.29, 0.717) is 19.7 Å². The highest BCUT2D eigenvalue weighted by atomic mass is 19.1. The molecule has 0 aliphatic heterocycles. The molecule has 4 nitrogen and oxygen atoms in total. The minimum absolute atomic E-state index is 0.137. The smallest absolute Gasteiger partial charge is 0.220 e. The van der Waals surface area contributed by atoms with Gasteiger partial charge in [0.15, 0.2) is 0 Å². The molecule has 0 spiro atoms. The quantitative estimate of drug-likeness (QED) is 0.672. The molecule has 0 aliphatic rings. The average molecular weight is 286 g/mol. The van der Waals surface area contributed by atoms with Crippen molar-refractivity contribution in [2.24, 2.45) is 0 Å². The van der Waals surface area contributed by atoms with Gasteiger partial charge in [0, 0.05) is 33.2 Å². The summed E-state index contributed by atoms with van der Waals surface area (Å²) in [6, 6.07) is 3.25. The van der Waals surface area contributed by atoms with Crippen LogP contribution in [0.2, 0.25) is 0 Å². The van der Waals surface area contributed by atoms with Gasteiger partial charge in [-0.05, 0) is 30.2 Å². The highest BCUT2D eigenvalue weighted by Crippen LogP contribution is 2.11. The van der Waals surface area contributed by atoms with E-state index in [2.05, 4.69) is 10.6 Å². The van der Waals surface area contributed by atoms with Crippen LogP contribution in [0.3, 0.4) is 0 Å². The summed E-state index contributed by atoms with van der Waals surface area (Å²) in [6.07, 6.45) is 0.324. The van der Waals surface area contributed by atoms with E-state index in [4.69, 9.17) is 4.74 Å². The van der Waals surface area contributed by atoms with Crippen LogP contribution in [0.1, 0.15) is 12.0 Å². The van der Waals surface area contributed by atoms with Crippen LogP contribution >= 0.6 is 0 Å². The molecule has 0 saturated carbocycles. The van der Waals surface area contributed by atoms with Crippen molar-refractivity contribution < 1.29 is 18.3 Å². The van der Waals surface area contributed by atoms with E-state index in [1.807, 2.05) is 0 Å². The molecular formula is C14H20F2N2O2. The number of halogens is 2. The van der Waals surface area contributed by atoms with Crippen molar-refractivity contribution in [2.45, 2.75) is 12.8 Å². The third kappa shape index (κ3) is 6.58. The first-order valence-electron chi connectivity index (χ1n) is 6.53. The minimum Gasteiger partial charge on any atom is -0.383 e. The molecule has 0 bridgehead atoms. The van der Waals surface area contributed by atoms with E-state index in [-0.39, 0.29) is 24.3 Å². The number of aryl methyl sites for hydroxylation is 1. The van der Waals surface area contributed by atoms with E-state index >= 15 is 0 Å². The first-order valence-corrected chi connectivity index (χ1v) is 6.53. The van der Waals surface area contributed by atoms with Crippen LogP contribution in [0.5, 0.6) is 0 Å². The zero-order chi connectivity index (χ0) is 14.8. The fraction of sp³-hybridized carbons (Fsp3) is 0.500. The number of methoxy groups -OCH3 is 1. The number of rotatable bonds is 9. The van der Waals surface area contributed by atoms with Gasteiger partial charge in [-0.2, -0.15) is 0 Å². The number of ether oxygens (including phenoxy) is 1. The number of carbonyl (C=O) groups excluding carboxylic acids is 1. The standard InChI is InChI=1S/C14H20F2N2O2/c1-20-9-8-17-6-7-18-14(19)5-2-11-10-12(15)3-4-13(11)16/h3-4,10,17H,2,5-9H2,1H3,(H,18,19). The van der Waals surface area contributed by atoms with Gasteiger partial charge in [-0.15, -0.1) is 0 Å². The maximum absolute atomic E-state index is 13.3. The number of hydrogen-bond donors (Lipinski definition) is 2. The van der Waals surface area contributed by atoms with E-state index in [1.165, 1.54) is 0 Å². The summed E-state index contributed by atoms with van der Waals surface area (Å²) in [6.45, 7) is 2.48. The van der Waals surface area contributed by atoms with Gasteiger partial charge in [-0.25, -0.2) is 8.78 Å². The lowest BCUT2D eigenvalue weighted by molar-refractivity contribution is -0.121. The van der Waals surface area contributed by atoms with E-state index in [0.717, 1.165) is 24.7 Å². The molecule has 1 amide bonds. The fourth-order valence-corrected chi connectivity index (χ4v) is 1.66. The van der Waals surface area contributed by atoms with Crippen LogP contribution in [0.25, 0.3) is 0 Å². The Kier molecular flexibility index (Phi) is 7.75. The van der Waals surface area contributed by atoms with Crippen molar-refractivity contribution in [1.29, 1.82) is 0 Å². The molecule has 1 aromatic carbocycles. The van der Waals surface area contributed by atoms with Crippen molar-refractivity contribution in [1.82, 2.24) is 10.6 Å². The number of amides is 1. The molecule has 0 saturated heterocycles. The predicted octanol–water partition coefficient (Wildman–Crippen LogP) is 1.25. The van der Waals surface area contributed by atoms with Crippen molar-refractivity contribution in [3.63, 3.8) is 0 Å². The van der Waals surface area contributed by atoms with E-state index in [9.17, 15) is 13.6 Å². The van der Waals surface area contributed by atoms with Crippen LogP contribution in [-0.4, -0.2) is 39.3 Å². The topological polar surface area (TPSA) is 50.4 Å². The second-order valence-corrected chi connectivity index (χ2v) is 4.33. The fourth-order valence-electron chi connectivity index (χ4n) is 1.66. The Labute approximate surface area is 117 Å². The molecule has 0 aliphatic carbocycles. The molecule has 1 aromatic rings. The third-order valence-electron chi connectivity index (χ3n) is 2.74. The molecule has 0 unspecified atom stereocenters. The van der Waals surface area contributed by atoms with Crippen LogP contribution in [0.15, 0.2) is 18.2 Å². The molecule has 2 N–H and O–H groups in total. The molecule has 0 heterocycles. The highest BCUT2D eigenvalue weighted by Gasteiger charge is 2.07. The zero-order valence-corrected chi connectivity index (χ0v) is 11.5. The van der Waals surface area contributed by atoms with Gasteiger partial charge in [0.25, 0.3) is 0 Å². The molecular weight excluding hydrogens is 266 g/mol. The molecule has 112 valence electrons. The van der Waals surface area contributed by atoms with Gasteiger partial charge >= 0.3 is 0 Å². The Morgan fingerprint density at radius 1 is 1.25 bits per heavy atom. The average Bonchev–Trinajstić information content (AvgIpc) is 2.43. The van der Waals surface area contributed by atoms with Gasteiger partial charge in [0.2, 0.25) is 5.91 Å². The minimum atomic E-state index is -0.496. The van der Waals surface area contributed by atoms with Gasteiger partial charge in [0.05, 0.1) is 6.61 Å². The monoisotopic (exact) mass is 286 g/mol. The number of hydrogen-bond acceptors (Lipinski definition) is 3. The van der Waals surface area contributed by atoms with Gasteiger partial charge in [-0.1, -0.05) is 0 Å². The Morgan fingerprint density at radius 3 is 2.80 bits per heavy atom. The Bertz CT molecular complexity index is 428. The Morgan fingerprint density at radius 2 is 2.05 bits per heavy atom. The summed E-state index contributed by atoms with van der Waals surface area (Å²) in [4.78, 5) is 11.5. The number of nitrogens with one attached hydrogen (secondary N) is 2. The van der Waals surface area contributed by atoms with Crippen LogP contribution in [0, 0.1) is 11.6 Å². The van der Waals surface area contributed by atoms with Crippen LogP contribution < -0.4 is 10.6 Å². The largest absolute Gasteiger partial charge is 0.383 e. The normalized spacial score (nSPS) is 10.6. The predicted molar refractivity (Wildman–Crippen MR) is 72.4 cm³/mol. The molecule has 20 heavy (non-hydrogen) atoms. The van der Waals surface area contributed by atoms with Gasteiger partial charge in [-0.3, -0.25) is 4.79 Å². The lowest BCUT2D eigenvalue weighted by Gasteiger charge is -2.07. The number of benzene rings is 1. The molecule has 0 aromatic heterocycles. The van der Waals surface area contributed by atoms with Gasteiger partial charge in [0.1, 0.15) is 11.6 Å². The van der Waals surface area contributed by atoms with Crippen molar-refractivity contribution in [2.75, 3.05) is 33.4 Å². The third-order valence-corrected chi connectivity index (χ3v) is 2.74. The molecule has 0 fully saturated rings. The van der Waals surface area contributed by atoms with Crippen molar-refractivity contribution >= 4 is 5.91 Å². The summed E-state index contributed by atoms with van der Waals surface area (Å²) in [5.41, 5.74) is 0.221. The first kappa shape index (κ1) is 16.5. The first-order chi connectivity index (χ1) is 9.63. The molecule has 0 atom stereocenters. The van der Waals surface area contributed by atoms with E-state index < -0.39 is 11.6 Å². The second-order valence-electron chi connectivity index (χ2n) is 4.33. The zero-order valence-electron chi connectivity index (χ0n) is 11.5. The maximum atomic E-state index is 13.3. The highest BCUT2D eigenvalue weighted by molar-refractivity contribution is 5.76. The molecule has 6 heteroatoms. The summed E-state index contributed by atoms with van der Waals surface area (Å²) < 4.78 is 31.1. The Balaban J connectivity index is 2.18. The van der Waals surface area contributed by atoms with Gasteiger partial charge < -0.3 is 15.4 Å². The Hall–Kier alpha value is -1.53. The van der Waals surface area contributed by atoms with E-state index in [1.54, 1.807) is 7.11 Å². The van der Waals surface area contributed by atoms with Crippen LogP contribution in [0.4, 0.5) is 8.78 Å². The van der Waals surface area contributed by atoms with Crippen molar-refractivity contribution in [3.05, 3.63) is 35.4 Å². The number of carbonyl (C=O) groups is 1. The second kappa shape index (κ2) is 9.39. The summed E-state index contributed by atoms with van der Waals surface area (Å²) in [5, 5.41) is 5.79. The lowest BCUT2D eigenvalue weighted by Crippen LogP contribution is -2.33. The lowest BCUT2D eigenvalue weighted by atomic mass is 10.1. The summed E-state index contributed by atoms with van der Waals surface area (Å²) in [7, 11) is 1.62. The molecule has 1 rings (SSSR count). The molecule has 0 radical (unpaired) electrons. The maximum Gasteiger partial charge on any atom is 0.220 e.